The molecule has 0 fully saturated rings. The lowest BCUT2D eigenvalue weighted by Gasteiger charge is -2.11. The molecule has 0 saturated carbocycles. The van der Waals surface area contributed by atoms with Crippen LogP contribution in [-0.2, 0) is 20.7 Å². The van der Waals surface area contributed by atoms with Gasteiger partial charge in [0.2, 0.25) is 5.91 Å². The SMILES string of the molecule is CCc1ccccc1NC(=O)CNC(=O)COC(=O)c1cc(SC)ccc1Cl. The van der Waals surface area contributed by atoms with Gasteiger partial charge < -0.3 is 15.4 Å². The van der Waals surface area contributed by atoms with Crippen LogP contribution < -0.4 is 10.6 Å². The van der Waals surface area contributed by atoms with Crippen molar-refractivity contribution < 1.29 is 19.1 Å². The number of nitrogens with one attached hydrogen (secondary N) is 2. The molecule has 0 unspecified atom stereocenters. The molecule has 0 bridgehead atoms. The molecule has 2 aromatic rings. The summed E-state index contributed by atoms with van der Waals surface area (Å²) in [6.07, 6.45) is 2.65. The fourth-order valence-corrected chi connectivity index (χ4v) is 3.01. The number of ether oxygens (including phenoxy) is 1. The molecule has 148 valence electrons. The van der Waals surface area contributed by atoms with Gasteiger partial charge in [0.1, 0.15) is 0 Å². The molecular weight excluding hydrogens is 400 g/mol. The second kappa shape index (κ2) is 10.7. The van der Waals surface area contributed by atoms with E-state index in [2.05, 4.69) is 10.6 Å². The van der Waals surface area contributed by atoms with Gasteiger partial charge in [-0.3, -0.25) is 9.59 Å². The van der Waals surface area contributed by atoms with Crippen LogP contribution in [0.25, 0.3) is 0 Å². The first-order valence-corrected chi connectivity index (χ1v) is 10.2. The number of aryl methyl sites for hydroxylation is 1. The summed E-state index contributed by atoms with van der Waals surface area (Å²) >= 11 is 7.46. The van der Waals surface area contributed by atoms with Gasteiger partial charge in [-0.1, -0.05) is 36.7 Å². The Labute approximate surface area is 173 Å². The number of esters is 1. The van der Waals surface area contributed by atoms with Crippen LogP contribution in [0.15, 0.2) is 47.4 Å². The normalized spacial score (nSPS) is 10.2. The maximum atomic E-state index is 12.1. The van der Waals surface area contributed by atoms with E-state index >= 15 is 0 Å². The summed E-state index contributed by atoms with van der Waals surface area (Å²) < 4.78 is 4.98. The number of rotatable bonds is 8. The van der Waals surface area contributed by atoms with E-state index in [0.29, 0.717) is 5.69 Å². The fraction of sp³-hybridized carbons (Fsp3) is 0.250. The van der Waals surface area contributed by atoms with Gasteiger partial charge in [0.15, 0.2) is 6.61 Å². The van der Waals surface area contributed by atoms with Crippen molar-refractivity contribution in [1.29, 1.82) is 0 Å². The molecule has 28 heavy (non-hydrogen) atoms. The number of halogens is 1. The van der Waals surface area contributed by atoms with E-state index in [1.54, 1.807) is 24.3 Å². The van der Waals surface area contributed by atoms with Crippen molar-refractivity contribution in [3.8, 4) is 0 Å². The number of benzene rings is 2. The average Bonchev–Trinajstić information content (AvgIpc) is 2.71. The summed E-state index contributed by atoms with van der Waals surface area (Å²) in [6.45, 7) is 1.26. The van der Waals surface area contributed by atoms with Crippen molar-refractivity contribution in [3.05, 3.63) is 58.6 Å². The van der Waals surface area contributed by atoms with Crippen molar-refractivity contribution >= 4 is 46.8 Å². The van der Waals surface area contributed by atoms with E-state index in [0.717, 1.165) is 16.9 Å². The predicted molar refractivity (Wildman–Crippen MR) is 111 cm³/mol. The fourth-order valence-electron chi connectivity index (χ4n) is 2.37. The van der Waals surface area contributed by atoms with Crippen molar-refractivity contribution in [1.82, 2.24) is 5.32 Å². The molecule has 0 aromatic heterocycles. The molecule has 0 radical (unpaired) electrons. The minimum Gasteiger partial charge on any atom is -0.452 e. The summed E-state index contributed by atoms with van der Waals surface area (Å²) in [7, 11) is 0. The minimum absolute atomic E-state index is 0.190. The lowest BCUT2D eigenvalue weighted by molar-refractivity contribution is -0.126. The van der Waals surface area contributed by atoms with Crippen LogP contribution >= 0.6 is 23.4 Å². The third kappa shape index (κ3) is 6.28. The highest BCUT2D eigenvalue weighted by Gasteiger charge is 2.15. The lowest BCUT2D eigenvalue weighted by atomic mass is 10.1. The molecule has 6 nitrogen and oxygen atoms in total. The number of carbonyl (C=O) groups excluding carboxylic acids is 3. The number of amides is 2. The zero-order valence-corrected chi connectivity index (χ0v) is 17.2. The zero-order valence-electron chi connectivity index (χ0n) is 15.6. The number of para-hydroxylation sites is 1. The minimum atomic E-state index is -0.697. The summed E-state index contributed by atoms with van der Waals surface area (Å²) in [4.78, 5) is 36.8. The van der Waals surface area contributed by atoms with Crippen LogP contribution in [0.5, 0.6) is 0 Å². The lowest BCUT2D eigenvalue weighted by Crippen LogP contribution is -2.35. The quantitative estimate of drug-likeness (QED) is 0.504. The maximum Gasteiger partial charge on any atom is 0.340 e. The first-order valence-electron chi connectivity index (χ1n) is 8.59. The Kier molecular flexibility index (Phi) is 8.35. The van der Waals surface area contributed by atoms with E-state index in [-0.39, 0.29) is 23.0 Å². The van der Waals surface area contributed by atoms with Gasteiger partial charge in [0.25, 0.3) is 5.91 Å². The molecule has 2 aromatic carbocycles. The number of anilines is 1. The Bertz CT molecular complexity index is 873. The first-order chi connectivity index (χ1) is 13.4. The van der Waals surface area contributed by atoms with Gasteiger partial charge >= 0.3 is 5.97 Å². The smallest absolute Gasteiger partial charge is 0.340 e. The molecule has 0 aliphatic rings. The van der Waals surface area contributed by atoms with Crippen LogP contribution in [0, 0.1) is 0 Å². The maximum absolute atomic E-state index is 12.1. The Morgan fingerprint density at radius 2 is 1.86 bits per heavy atom. The largest absolute Gasteiger partial charge is 0.452 e. The van der Waals surface area contributed by atoms with Gasteiger partial charge in [0.05, 0.1) is 17.1 Å². The molecule has 0 saturated heterocycles. The van der Waals surface area contributed by atoms with E-state index < -0.39 is 18.5 Å². The molecule has 0 spiro atoms. The van der Waals surface area contributed by atoms with Crippen LogP contribution in [0.3, 0.4) is 0 Å². The Morgan fingerprint density at radius 1 is 1.11 bits per heavy atom. The summed E-state index contributed by atoms with van der Waals surface area (Å²) in [5.74, 6) is -1.64. The summed E-state index contributed by atoms with van der Waals surface area (Å²) in [6, 6.07) is 12.4. The molecular formula is C20H21ClN2O4S. The number of hydrogen-bond donors (Lipinski definition) is 2. The Balaban J connectivity index is 1.81. The van der Waals surface area contributed by atoms with Gasteiger partial charge in [-0.05, 0) is 42.5 Å². The van der Waals surface area contributed by atoms with E-state index in [1.807, 2.05) is 31.4 Å². The standard InChI is InChI=1S/C20H21ClN2O4S/c1-3-13-6-4-5-7-17(13)23-18(24)11-22-19(25)12-27-20(26)15-10-14(28-2)8-9-16(15)21/h4-10H,3,11-12H2,1-2H3,(H,22,25)(H,23,24). The topological polar surface area (TPSA) is 84.5 Å². The highest BCUT2D eigenvalue weighted by atomic mass is 35.5. The third-order valence-electron chi connectivity index (χ3n) is 3.85. The summed E-state index contributed by atoms with van der Waals surface area (Å²) in [5, 5.41) is 5.41. The molecule has 0 heterocycles. The Morgan fingerprint density at radius 3 is 2.57 bits per heavy atom. The van der Waals surface area contributed by atoms with Crippen molar-refractivity contribution in [2.24, 2.45) is 0 Å². The number of hydrogen-bond acceptors (Lipinski definition) is 5. The zero-order chi connectivity index (χ0) is 20.5. The van der Waals surface area contributed by atoms with E-state index in [1.165, 1.54) is 11.8 Å². The summed E-state index contributed by atoms with van der Waals surface area (Å²) in [5.41, 5.74) is 1.90. The molecule has 8 heteroatoms. The van der Waals surface area contributed by atoms with E-state index in [4.69, 9.17) is 16.3 Å². The van der Waals surface area contributed by atoms with Crippen LogP contribution in [0.1, 0.15) is 22.8 Å². The molecule has 2 amide bonds. The Hall–Kier alpha value is -2.51. The van der Waals surface area contributed by atoms with Crippen molar-refractivity contribution in [2.45, 2.75) is 18.2 Å². The second-order valence-electron chi connectivity index (χ2n) is 5.76. The molecule has 2 rings (SSSR count). The number of thioether (sulfide) groups is 1. The molecule has 0 atom stereocenters. The molecule has 0 aliphatic heterocycles. The average molecular weight is 421 g/mol. The number of carbonyl (C=O) groups is 3. The van der Waals surface area contributed by atoms with Crippen LogP contribution in [0.2, 0.25) is 5.02 Å². The van der Waals surface area contributed by atoms with Crippen molar-refractivity contribution in [2.75, 3.05) is 24.7 Å². The third-order valence-corrected chi connectivity index (χ3v) is 4.90. The predicted octanol–water partition coefficient (Wildman–Crippen LogP) is 3.54. The van der Waals surface area contributed by atoms with Gasteiger partial charge in [0, 0.05) is 10.6 Å². The highest BCUT2D eigenvalue weighted by molar-refractivity contribution is 7.98. The van der Waals surface area contributed by atoms with E-state index in [9.17, 15) is 14.4 Å². The molecule has 2 N–H and O–H groups in total. The van der Waals surface area contributed by atoms with Gasteiger partial charge in [-0.2, -0.15) is 0 Å². The van der Waals surface area contributed by atoms with Crippen molar-refractivity contribution in [3.63, 3.8) is 0 Å². The van der Waals surface area contributed by atoms with Gasteiger partial charge in [-0.25, -0.2) is 4.79 Å². The van der Waals surface area contributed by atoms with Crippen LogP contribution in [0.4, 0.5) is 5.69 Å². The highest BCUT2D eigenvalue weighted by Crippen LogP contribution is 2.23. The van der Waals surface area contributed by atoms with Crippen LogP contribution in [-0.4, -0.2) is 37.2 Å². The second-order valence-corrected chi connectivity index (χ2v) is 7.04. The van der Waals surface area contributed by atoms with Gasteiger partial charge in [-0.15, -0.1) is 11.8 Å². The molecule has 0 aliphatic carbocycles. The first kappa shape index (κ1) is 21.8. The monoisotopic (exact) mass is 420 g/mol.